The lowest BCUT2D eigenvalue weighted by atomic mass is 10.1. The molecule has 2 N–H and O–H groups in total. The summed E-state index contributed by atoms with van der Waals surface area (Å²) in [5.74, 6) is -0.266. The molecule has 0 unspecified atom stereocenters. The van der Waals surface area contributed by atoms with Gasteiger partial charge in [-0.2, -0.15) is 0 Å². The van der Waals surface area contributed by atoms with Gasteiger partial charge in [-0.1, -0.05) is 19.1 Å². The van der Waals surface area contributed by atoms with Crippen LogP contribution in [0.4, 0.5) is 15.8 Å². The largest absolute Gasteiger partial charge is 0.494 e. The molecule has 0 aliphatic carbocycles. The van der Waals surface area contributed by atoms with E-state index < -0.39 is 0 Å². The molecule has 0 fully saturated rings. The van der Waals surface area contributed by atoms with E-state index in [4.69, 9.17) is 4.74 Å². The average molecular weight is 383 g/mol. The first-order chi connectivity index (χ1) is 13.5. The van der Waals surface area contributed by atoms with Gasteiger partial charge in [0.2, 0.25) is 0 Å². The van der Waals surface area contributed by atoms with Crippen LogP contribution in [0.15, 0.2) is 41.4 Å². The number of methoxy groups -OCH3 is 1. The number of aromatic amines is 1. The van der Waals surface area contributed by atoms with Gasteiger partial charge >= 0.3 is 0 Å². The number of aromatic nitrogens is 1. The second-order valence-electron chi connectivity index (χ2n) is 6.76. The molecule has 0 aliphatic heterocycles. The summed E-state index contributed by atoms with van der Waals surface area (Å²) in [6.07, 6.45) is 2.49. The van der Waals surface area contributed by atoms with E-state index in [1.54, 1.807) is 25.5 Å². The first-order valence-electron chi connectivity index (χ1n) is 9.43. The lowest BCUT2D eigenvalue weighted by molar-refractivity contribution is 0.205. The Morgan fingerprint density at radius 1 is 1.25 bits per heavy atom. The number of hydrogen-bond donors (Lipinski definition) is 2. The molecule has 0 radical (unpaired) electrons. The van der Waals surface area contributed by atoms with Crippen molar-refractivity contribution in [2.75, 3.05) is 31.7 Å². The molecule has 1 heterocycles. The molecule has 148 valence electrons. The molecule has 0 atom stereocenters. The van der Waals surface area contributed by atoms with E-state index in [9.17, 15) is 9.50 Å². The van der Waals surface area contributed by atoms with Crippen molar-refractivity contribution in [2.24, 2.45) is 4.99 Å². The van der Waals surface area contributed by atoms with E-state index in [2.05, 4.69) is 16.9 Å². The third-order valence-electron chi connectivity index (χ3n) is 4.72. The van der Waals surface area contributed by atoms with E-state index >= 15 is 0 Å². The van der Waals surface area contributed by atoms with Crippen molar-refractivity contribution in [3.63, 3.8) is 0 Å². The Kier molecular flexibility index (Phi) is 6.31. The van der Waals surface area contributed by atoms with Gasteiger partial charge in [0.25, 0.3) is 0 Å². The molecule has 0 bridgehead atoms. The number of halogens is 1. The van der Waals surface area contributed by atoms with E-state index in [1.165, 1.54) is 6.07 Å². The van der Waals surface area contributed by atoms with Crippen molar-refractivity contribution in [1.29, 1.82) is 0 Å². The SMILES string of the molecule is CCCN(CCOC)c1ccc(N=Cc2c(O)[nH]c3cccc(C)c23)cc1F. The summed E-state index contributed by atoms with van der Waals surface area (Å²) in [7, 11) is 1.64. The lowest BCUT2D eigenvalue weighted by Crippen LogP contribution is -2.28. The predicted molar refractivity (Wildman–Crippen MR) is 113 cm³/mol. The zero-order valence-electron chi connectivity index (χ0n) is 16.5. The van der Waals surface area contributed by atoms with Gasteiger partial charge in [-0.3, -0.25) is 4.99 Å². The third-order valence-corrected chi connectivity index (χ3v) is 4.72. The van der Waals surface area contributed by atoms with E-state index in [0.29, 0.717) is 30.1 Å². The quantitative estimate of drug-likeness (QED) is 0.542. The number of aliphatic imine (C=N–C) groups is 1. The molecule has 3 aromatic rings. The van der Waals surface area contributed by atoms with Crippen molar-refractivity contribution >= 4 is 28.5 Å². The van der Waals surface area contributed by atoms with Crippen LogP contribution in [-0.4, -0.2) is 43.1 Å². The van der Waals surface area contributed by atoms with Crippen molar-refractivity contribution in [1.82, 2.24) is 4.98 Å². The standard InChI is InChI=1S/C22H26FN3O2/c1-4-10-26(11-12-28-3)20-9-8-16(13-18(20)23)24-14-17-21-15(2)6-5-7-19(21)25-22(17)27/h5-9,13-14,25,27H,4,10-12H2,1-3H3. The first kappa shape index (κ1) is 19.9. The molecule has 0 amide bonds. The Morgan fingerprint density at radius 2 is 2.07 bits per heavy atom. The molecule has 0 saturated carbocycles. The minimum absolute atomic E-state index is 0.0545. The summed E-state index contributed by atoms with van der Waals surface area (Å²) in [5.41, 5.74) is 3.51. The molecule has 1 aromatic heterocycles. The van der Waals surface area contributed by atoms with Crippen LogP contribution in [0.3, 0.4) is 0 Å². The Hall–Kier alpha value is -2.86. The molecular weight excluding hydrogens is 357 g/mol. The van der Waals surface area contributed by atoms with Gasteiger partial charge in [-0.15, -0.1) is 0 Å². The number of nitrogens with one attached hydrogen (secondary N) is 1. The molecule has 6 heteroatoms. The summed E-state index contributed by atoms with van der Waals surface area (Å²) in [5, 5.41) is 11.1. The summed E-state index contributed by atoms with van der Waals surface area (Å²) in [6.45, 7) is 5.96. The van der Waals surface area contributed by atoms with Gasteiger partial charge in [0.1, 0.15) is 5.82 Å². The highest BCUT2D eigenvalue weighted by Gasteiger charge is 2.13. The van der Waals surface area contributed by atoms with Gasteiger partial charge in [0, 0.05) is 43.4 Å². The predicted octanol–water partition coefficient (Wildman–Crippen LogP) is 4.93. The van der Waals surface area contributed by atoms with Gasteiger partial charge in [0.05, 0.1) is 23.5 Å². The highest BCUT2D eigenvalue weighted by Crippen LogP contribution is 2.29. The van der Waals surface area contributed by atoms with Gasteiger partial charge in [-0.25, -0.2) is 4.39 Å². The molecule has 3 rings (SSSR count). The molecule has 0 aliphatic rings. The Labute approximate surface area is 164 Å². The summed E-state index contributed by atoms with van der Waals surface area (Å²) < 4.78 is 19.8. The second kappa shape index (κ2) is 8.89. The van der Waals surface area contributed by atoms with Gasteiger partial charge in [-0.05, 0) is 37.1 Å². The molecule has 0 spiro atoms. The second-order valence-corrected chi connectivity index (χ2v) is 6.76. The van der Waals surface area contributed by atoms with Gasteiger partial charge in [0.15, 0.2) is 5.88 Å². The smallest absolute Gasteiger partial charge is 0.198 e. The van der Waals surface area contributed by atoms with E-state index in [-0.39, 0.29) is 11.7 Å². The maximum atomic E-state index is 14.7. The van der Waals surface area contributed by atoms with Crippen LogP contribution in [-0.2, 0) is 4.74 Å². The van der Waals surface area contributed by atoms with Crippen LogP contribution in [0, 0.1) is 12.7 Å². The number of nitrogens with zero attached hydrogens (tertiary/aromatic N) is 2. The minimum atomic E-state index is -0.321. The summed E-state index contributed by atoms with van der Waals surface area (Å²) in [4.78, 5) is 9.30. The number of aryl methyl sites for hydroxylation is 1. The Bertz CT molecular complexity index is 981. The highest BCUT2D eigenvalue weighted by atomic mass is 19.1. The number of hydrogen-bond acceptors (Lipinski definition) is 4. The van der Waals surface area contributed by atoms with Crippen LogP contribution in [0.2, 0.25) is 0 Å². The van der Waals surface area contributed by atoms with Crippen LogP contribution < -0.4 is 4.90 Å². The Morgan fingerprint density at radius 3 is 2.79 bits per heavy atom. The maximum absolute atomic E-state index is 14.7. The molecule has 2 aromatic carbocycles. The maximum Gasteiger partial charge on any atom is 0.198 e. The molecule has 0 saturated heterocycles. The van der Waals surface area contributed by atoms with Gasteiger partial charge < -0.3 is 19.7 Å². The van der Waals surface area contributed by atoms with Crippen molar-refractivity contribution in [3.8, 4) is 5.88 Å². The number of fused-ring (bicyclic) bond motifs is 1. The topological polar surface area (TPSA) is 60.9 Å². The van der Waals surface area contributed by atoms with Crippen molar-refractivity contribution in [2.45, 2.75) is 20.3 Å². The zero-order chi connectivity index (χ0) is 20.1. The van der Waals surface area contributed by atoms with Crippen LogP contribution in [0.1, 0.15) is 24.5 Å². The summed E-state index contributed by atoms with van der Waals surface area (Å²) in [6, 6.07) is 10.7. The van der Waals surface area contributed by atoms with Crippen molar-refractivity contribution < 1.29 is 14.2 Å². The van der Waals surface area contributed by atoms with Crippen LogP contribution in [0.25, 0.3) is 10.9 Å². The average Bonchev–Trinajstić information content (AvgIpc) is 3.00. The van der Waals surface area contributed by atoms with E-state index in [1.807, 2.05) is 30.0 Å². The molecular formula is C22H26FN3O2. The van der Waals surface area contributed by atoms with Crippen LogP contribution in [0.5, 0.6) is 5.88 Å². The fourth-order valence-electron chi connectivity index (χ4n) is 3.36. The first-order valence-corrected chi connectivity index (χ1v) is 9.43. The van der Waals surface area contributed by atoms with E-state index in [0.717, 1.165) is 29.4 Å². The summed E-state index contributed by atoms with van der Waals surface area (Å²) >= 11 is 0. The zero-order valence-corrected chi connectivity index (χ0v) is 16.5. The number of anilines is 1. The minimum Gasteiger partial charge on any atom is -0.494 e. The number of benzene rings is 2. The molecule has 28 heavy (non-hydrogen) atoms. The normalized spacial score (nSPS) is 11.6. The van der Waals surface area contributed by atoms with Crippen molar-refractivity contribution in [3.05, 3.63) is 53.3 Å². The third kappa shape index (κ3) is 4.17. The number of rotatable bonds is 8. The fraction of sp³-hybridized carbons (Fsp3) is 0.318. The lowest BCUT2D eigenvalue weighted by Gasteiger charge is -2.24. The monoisotopic (exact) mass is 383 g/mol. The Balaban J connectivity index is 1.88. The number of aromatic hydroxyl groups is 1. The highest BCUT2D eigenvalue weighted by molar-refractivity contribution is 6.04. The molecule has 5 nitrogen and oxygen atoms in total. The number of ether oxygens (including phenoxy) is 1. The fourth-order valence-corrected chi connectivity index (χ4v) is 3.36. The number of H-pyrrole nitrogens is 1. The van der Waals surface area contributed by atoms with Crippen LogP contribution >= 0.6 is 0 Å².